The summed E-state index contributed by atoms with van der Waals surface area (Å²) < 4.78 is 4.92. The van der Waals surface area contributed by atoms with Gasteiger partial charge in [-0.1, -0.05) is 30.3 Å². The molecule has 3 heteroatoms. The van der Waals surface area contributed by atoms with E-state index in [4.69, 9.17) is 4.74 Å². The van der Waals surface area contributed by atoms with Gasteiger partial charge in [-0.25, -0.2) is 0 Å². The topological polar surface area (TPSA) is 38.3 Å². The molecule has 0 bridgehead atoms. The lowest BCUT2D eigenvalue weighted by Gasteiger charge is -2.13. The van der Waals surface area contributed by atoms with E-state index in [0.717, 1.165) is 19.3 Å². The average molecular weight is 261 g/mol. The maximum atomic E-state index is 11.6. The van der Waals surface area contributed by atoms with Crippen molar-refractivity contribution in [1.82, 2.24) is 5.32 Å². The summed E-state index contributed by atoms with van der Waals surface area (Å²) in [4.78, 5) is 11.6. The normalized spacial score (nSPS) is 22.4. The van der Waals surface area contributed by atoms with Gasteiger partial charge in [-0.2, -0.15) is 0 Å². The zero-order valence-electron chi connectivity index (χ0n) is 11.6. The van der Waals surface area contributed by atoms with Crippen molar-refractivity contribution in [2.24, 2.45) is 5.92 Å². The Labute approximate surface area is 115 Å². The molecular weight excluding hydrogens is 238 g/mol. The molecular formula is C16H23NO2. The minimum Gasteiger partial charge on any atom is -0.384 e. The number of rotatable bonds is 6. The minimum absolute atomic E-state index is 0.118. The van der Waals surface area contributed by atoms with E-state index in [2.05, 4.69) is 35.6 Å². The van der Waals surface area contributed by atoms with E-state index in [0.29, 0.717) is 25.0 Å². The Bertz CT molecular complexity index is 391. The van der Waals surface area contributed by atoms with Gasteiger partial charge in [0.15, 0.2) is 0 Å². The maximum Gasteiger partial charge on any atom is 0.222 e. The molecule has 0 aliphatic heterocycles. The summed E-state index contributed by atoms with van der Waals surface area (Å²) in [5.41, 5.74) is 1.40. The fourth-order valence-corrected chi connectivity index (χ4v) is 2.83. The van der Waals surface area contributed by atoms with Crippen LogP contribution in [0.25, 0.3) is 0 Å². The second-order valence-electron chi connectivity index (χ2n) is 5.38. The molecule has 0 unspecified atom stereocenters. The van der Waals surface area contributed by atoms with Crippen LogP contribution >= 0.6 is 0 Å². The lowest BCUT2D eigenvalue weighted by atomic mass is 9.98. The summed E-state index contributed by atoms with van der Waals surface area (Å²) in [5, 5.41) is 3.11. The molecule has 1 saturated carbocycles. The van der Waals surface area contributed by atoms with Crippen LogP contribution in [0.4, 0.5) is 0 Å². The van der Waals surface area contributed by atoms with E-state index in [1.807, 2.05) is 0 Å². The van der Waals surface area contributed by atoms with Crippen molar-refractivity contribution >= 4 is 5.91 Å². The van der Waals surface area contributed by atoms with E-state index in [1.165, 1.54) is 12.0 Å². The van der Waals surface area contributed by atoms with Crippen LogP contribution in [-0.4, -0.2) is 25.7 Å². The van der Waals surface area contributed by atoms with Gasteiger partial charge in [-0.05, 0) is 37.2 Å². The smallest absolute Gasteiger partial charge is 0.222 e. The number of carbonyl (C=O) groups is 1. The fraction of sp³-hybridized carbons (Fsp3) is 0.562. The lowest BCUT2D eigenvalue weighted by Crippen LogP contribution is -2.33. The van der Waals surface area contributed by atoms with Crippen molar-refractivity contribution in [3.8, 4) is 0 Å². The molecule has 1 aromatic rings. The Hall–Kier alpha value is -1.35. The number of hydrogen-bond acceptors (Lipinski definition) is 2. The molecule has 1 N–H and O–H groups in total. The second kappa shape index (κ2) is 7.29. The standard InChI is InChI=1S/C16H23NO2/c1-19-10-9-16(18)17-15-8-7-14(12-15)11-13-5-3-2-4-6-13/h2-6,14-15H,7-12H2,1H3,(H,17,18)/t14-,15+/m0/s1. The molecule has 2 atom stereocenters. The zero-order chi connectivity index (χ0) is 13.5. The molecule has 0 spiro atoms. The molecule has 2 rings (SSSR count). The molecule has 0 radical (unpaired) electrons. The van der Waals surface area contributed by atoms with Gasteiger partial charge in [-0.15, -0.1) is 0 Å². The first kappa shape index (κ1) is 14.1. The summed E-state index contributed by atoms with van der Waals surface area (Å²) in [6.07, 6.45) is 5.02. The maximum absolute atomic E-state index is 11.6. The molecule has 1 aliphatic rings. The highest BCUT2D eigenvalue weighted by molar-refractivity contribution is 5.76. The van der Waals surface area contributed by atoms with Crippen LogP contribution in [0.1, 0.15) is 31.2 Å². The zero-order valence-corrected chi connectivity index (χ0v) is 11.6. The van der Waals surface area contributed by atoms with Gasteiger partial charge >= 0.3 is 0 Å². The third-order valence-corrected chi connectivity index (χ3v) is 3.81. The molecule has 1 aromatic carbocycles. The molecule has 1 amide bonds. The molecule has 0 heterocycles. The molecule has 104 valence electrons. The largest absolute Gasteiger partial charge is 0.384 e. The molecule has 0 saturated heterocycles. The molecule has 19 heavy (non-hydrogen) atoms. The predicted octanol–water partition coefficient (Wildman–Crippen LogP) is 2.55. The van der Waals surface area contributed by atoms with E-state index in [9.17, 15) is 4.79 Å². The van der Waals surface area contributed by atoms with Crippen LogP contribution in [0, 0.1) is 5.92 Å². The van der Waals surface area contributed by atoms with Crippen LogP contribution in [-0.2, 0) is 16.0 Å². The van der Waals surface area contributed by atoms with Crippen molar-refractivity contribution in [2.45, 2.75) is 38.1 Å². The van der Waals surface area contributed by atoms with E-state index >= 15 is 0 Å². The van der Waals surface area contributed by atoms with Crippen LogP contribution < -0.4 is 5.32 Å². The molecule has 0 aromatic heterocycles. The van der Waals surface area contributed by atoms with E-state index in [1.54, 1.807) is 7.11 Å². The highest BCUT2D eigenvalue weighted by atomic mass is 16.5. The van der Waals surface area contributed by atoms with Crippen molar-refractivity contribution in [3.63, 3.8) is 0 Å². The minimum atomic E-state index is 0.118. The Morgan fingerprint density at radius 3 is 2.84 bits per heavy atom. The summed E-state index contributed by atoms with van der Waals surface area (Å²) in [7, 11) is 1.62. The van der Waals surface area contributed by atoms with Gasteiger partial charge in [0.25, 0.3) is 0 Å². The first-order valence-electron chi connectivity index (χ1n) is 7.10. The van der Waals surface area contributed by atoms with Gasteiger partial charge in [0.2, 0.25) is 5.91 Å². The Kier molecular flexibility index (Phi) is 5.40. The number of hydrogen-bond donors (Lipinski definition) is 1. The van der Waals surface area contributed by atoms with Gasteiger partial charge in [-0.3, -0.25) is 4.79 Å². The third kappa shape index (κ3) is 4.67. The van der Waals surface area contributed by atoms with Crippen LogP contribution in [0.3, 0.4) is 0 Å². The number of benzene rings is 1. The average Bonchev–Trinajstić information content (AvgIpc) is 2.85. The third-order valence-electron chi connectivity index (χ3n) is 3.81. The number of amides is 1. The van der Waals surface area contributed by atoms with Crippen molar-refractivity contribution in [2.75, 3.05) is 13.7 Å². The fourth-order valence-electron chi connectivity index (χ4n) is 2.83. The number of ether oxygens (including phenoxy) is 1. The van der Waals surface area contributed by atoms with Gasteiger partial charge in [0.1, 0.15) is 0 Å². The Morgan fingerprint density at radius 1 is 1.32 bits per heavy atom. The molecule has 3 nitrogen and oxygen atoms in total. The Morgan fingerprint density at radius 2 is 2.11 bits per heavy atom. The van der Waals surface area contributed by atoms with Crippen molar-refractivity contribution in [3.05, 3.63) is 35.9 Å². The molecule has 1 fully saturated rings. The van der Waals surface area contributed by atoms with Crippen LogP contribution in [0.2, 0.25) is 0 Å². The van der Waals surface area contributed by atoms with Crippen molar-refractivity contribution < 1.29 is 9.53 Å². The number of nitrogens with one attached hydrogen (secondary N) is 1. The van der Waals surface area contributed by atoms with Crippen LogP contribution in [0.15, 0.2) is 30.3 Å². The lowest BCUT2D eigenvalue weighted by molar-refractivity contribution is -0.122. The highest BCUT2D eigenvalue weighted by Gasteiger charge is 2.25. The number of carbonyl (C=O) groups excluding carboxylic acids is 1. The number of methoxy groups -OCH3 is 1. The monoisotopic (exact) mass is 261 g/mol. The highest BCUT2D eigenvalue weighted by Crippen LogP contribution is 2.28. The second-order valence-corrected chi connectivity index (χ2v) is 5.38. The molecule has 1 aliphatic carbocycles. The van der Waals surface area contributed by atoms with Gasteiger partial charge in [0, 0.05) is 19.6 Å². The Balaban J connectivity index is 1.72. The van der Waals surface area contributed by atoms with Crippen LogP contribution in [0.5, 0.6) is 0 Å². The summed E-state index contributed by atoms with van der Waals surface area (Å²) in [6.45, 7) is 0.506. The predicted molar refractivity (Wildman–Crippen MR) is 75.9 cm³/mol. The summed E-state index contributed by atoms with van der Waals surface area (Å²) >= 11 is 0. The SMILES string of the molecule is COCCC(=O)N[C@@H]1CC[C@@H](Cc2ccccc2)C1. The quantitative estimate of drug-likeness (QED) is 0.854. The van der Waals surface area contributed by atoms with E-state index in [-0.39, 0.29) is 5.91 Å². The van der Waals surface area contributed by atoms with Crippen molar-refractivity contribution in [1.29, 1.82) is 0 Å². The summed E-state index contributed by atoms with van der Waals surface area (Å²) in [6, 6.07) is 11.0. The first-order chi connectivity index (χ1) is 9.28. The summed E-state index contributed by atoms with van der Waals surface area (Å²) in [5.74, 6) is 0.822. The first-order valence-corrected chi connectivity index (χ1v) is 7.10. The van der Waals surface area contributed by atoms with Gasteiger partial charge in [0.05, 0.1) is 6.61 Å². The van der Waals surface area contributed by atoms with E-state index < -0.39 is 0 Å². The van der Waals surface area contributed by atoms with Gasteiger partial charge < -0.3 is 10.1 Å².